The van der Waals surface area contributed by atoms with Crippen molar-refractivity contribution in [1.82, 2.24) is 5.32 Å². The van der Waals surface area contributed by atoms with Crippen LogP contribution >= 0.6 is 27.3 Å². The number of halogens is 1. The van der Waals surface area contributed by atoms with Crippen LogP contribution in [0.1, 0.15) is 23.4 Å². The fourth-order valence-corrected chi connectivity index (χ4v) is 3.62. The molecule has 0 bridgehead atoms. The number of rotatable bonds is 5. The first-order valence-corrected chi connectivity index (χ1v) is 7.56. The lowest BCUT2D eigenvalue weighted by Crippen LogP contribution is -2.16. The average Bonchev–Trinajstić information content (AvgIpc) is 2.79. The minimum atomic E-state index is 0.218. The smallest absolute Gasteiger partial charge is 0.119 e. The van der Waals surface area contributed by atoms with E-state index < -0.39 is 0 Å². The number of hydrogen-bond acceptors (Lipinski definition) is 3. The zero-order valence-electron chi connectivity index (χ0n) is 10.4. The van der Waals surface area contributed by atoms with Crippen molar-refractivity contribution in [1.29, 1.82) is 0 Å². The van der Waals surface area contributed by atoms with Gasteiger partial charge in [-0.1, -0.05) is 12.1 Å². The zero-order valence-corrected chi connectivity index (χ0v) is 12.8. The van der Waals surface area contributed by atoms with Crippen LogP contribution in [0, 0.1) is 0 Å². The molecular weight excluding hydrogens is 310 g/mol. The standard InChI is InChI=1S/C14H16BrNOS/c1-3-17-11-6-4-10(5-7-11)13(16-2)14-12(15)8-9-18-14/h4-9,13,16H,3H2,1-2H3. The SMILES string of the molecule is CCOc1ccc(C(NC)c2sccc2Br)cc1. The zero-order chi connectivity index (χ0) is 13.0. The van der Waals surface area contributed by atoms with Crippen molar-refractivity contribution in [2.45, 2.75) is 13.0 Å². The molecule has 2 aromatic rings. The number of nitrogens with one attached hydrogen (secondary N) is 1. The van der Waals surface area contributed by atoms with Gasteiger partial charge in [-0.15, -0.1) is 11.3 Å². The number of thiophene rings is 1. The summed E-state index contributed by atoms with van der Waals surface area (Å²) in [6, 6.07) is 10.6. The Hall–Kier alpha value is -0.840. The summed E-state index contributed by atoms with van der Waals surface area (Å²) in [7, 11) is 1.98. The Kier molecular flexibility index (Phi) is 4.80. The van der Waals surface area contributed by atoms with E-state index in [9.17, 15) is 0 Å². The highest BCUT2D eigenvalue weighted by molar-refractivity contribution is 9.10. The molecule has 1 N–H and O–H groups in total. The quantitative estimate of drug-likeness (QED) is 0.888. The van der Waals surface area contributed by atoms with Crippen molar-refractivity contribution in [3.63, 3.8) is 0 Å². The van der Waals surface area contributed by atoms with Crippen LogP contribution in [0.5, 0.6) is 5.75 Å². The molecular formula is C14H16BrNOS. The Morgan fingerprint density at radius 3 is 2.50 bits per heavy atom. The fraction of sp³-hybridized carbons (Fsp3) is 0.286. The third-order valence-corrected chi connectivity index (χ3v) is 4.66. The van der Waals surface area contributed by atoms with Crippen LogP contribution in [0.2, 0.25) is 0 Å². The molecule has 2 nitrogen and oxygen atoms in total. The van der Waals surface area contributed by atoms with Crippen LogP contribution in [-0.4, -0.2) is 13.7 Å². The minimum absolute atomic E-state index is 0.218. The van der Waals surface area contributed by atoms with Crippen molar-refractivity contribution in [2.75, 3.05) is 13.7 Å². The molecule has 0 aliphatic heterocycles. The number of ether oxygens (including phenoxy) is 1. The highest BCUT2D eigenvalue weighted by Crippen LogP contribution is 2.33. The van der Waals surface area contributed by atoms with E-state index in [0.717, 1.165) is 10.2 Å². The van der Waals surface area contributed by atoms with Crippen LogP contribution in [0.4, 0.5) is 0 Å². The lowest BCUT2D eigenvalue weighted by atomic mass is 10.1. The summed E-state index contributed by atoms with van der Waals surface area (Å²) >= 11 is 5.34. The van der Waals surface area contributed by atoms with E-state index in [1.54, 1.807) is 11.3 Å². The molecule has 1 aromatic heterocycles. The largest absolute Gasteiger partial charge is 0.494 e. The van der Waals surface area contributed by atoms with Gasteiger partial charge in [0.15, 0.2) is 0 Å². The van der Waals surface area contributed by atoms with Gasteiger partial charge in [-0.05, 0) is 59.0 Å². The maximum atomic E-state index is 5.46. The van der Waals surface area contributed by atoms with Crippen molar-refractivity contribution < 1.29 is 4.74 Å². The molecule has 0 radical (unpaired) electrons. The Labute approximate surface area is 120 Å². The second-order valence-corrected chi connectivity index (χ2v) is 5.66. The molecule has 0 aliphatic rings. The number of benzene rings is 1. The summed E-state index contributed by atoms with van der Waals surface area (Å²) in [6.45, 7) is 2.69. The first-order valence-electron chi connectivity index (χ1n) is 5.89. The van der Waals surface area contributed by atoms with E-state index in [4.69, 9.17) is 4.74 Å². The maximum Gasteiger partial charge on any atom is 0.119 e. The average molecular weight is 326 g/mol. The van der Waals surface area contributed by atoms with Crippen molar-refractivity contribution in [2.24, 2.45) is 0 Å². The van der Waals surface area contributed by atoms with Crippen LogP contribution in [0.15, 0.2) is 40.2 Å². The first kappa shape index (κ1) is 13.6. The summed E-state index contributed by atoms with van der Waals surface area (Å²) in [5.74, 6) is 0.918. The van der Waals surface area contributed by atoms with Crippen LogP contribution in [0.3, 0.4) is 0 Å². The summed E-state index contributed by atoms with van der Waals surface area (Å²) < 4.78 is 6.62. The van der Waals surface area contributed by atoms with E-state index in [1.807, 2.05) is 26.1 Å². The molecule has 0 amide bonds. The third kappa shape index (κ3) is 2.94. The highest BCUT2D eigenvalue weighted by atomic mass is 79.9. The van der Waals surface area contributed by atoms with Gasteiger partial charge in [0.2, 0.25) is 0 Å². The van der Waals surface area contributed by atoms with Crippen LogP contribution in [0.25, 0.3) is 0 Å². The van der Waals surface area contributed by atoms with Crippen LogP contribution in [-0.2, 0) is 0 Å². The molecule has 4 heteroatoms. The molecule has 1 heterocycles. The topological polar surface area (TPSA) is 21.3 Å². The van der Waals surface area contributed by atoms with Gasteiger partial charge >= 0.3 is 0 Å². The number of hydrogen-bond donors (Lipinski definition) is 1. The predicted molar refractivity (Wildman–Crippen MR) is 80.5 cm³/mol. The monoisotopic (exact) mass is 325 g/mol. The Balaban J connectivity index is 2.25. The van der Waals surface area contributed by atoms with Crippen molar-refractivity contribution in [3.05, 3.63) is 50.6 Å². The molecule has 1 unspecified atom stereocenters. The molecule has 0 saturated heterocycles. The van der Waals surface area contributed by atoms with Gasteiger partial charge in [0.1, 0.15) is 5.75 Å². The second-order valence-electron chi connectivity index (χ2n) is 3.86. The molecule has 0 fully saturated rings. The Bertz CT molecular complexity index is 495. The van der Waals surface area contributed by atoms with Gasteiger partial charge in [0, 0.05) is 9.35 Å². The van der Waals surface area contributed by atoms with Crippen LogP contribution < -0.4 is 10.1 Å². The maximum absolute atomic E-state index is 5.46. The summed E-state index contributed by atoms with van der Waals surface area (Å²) in [6.07, 6.45) is 0. The molecule has 18 heavy (non-hydrogen) atoms. The van der Waals surface area contributed by atoms with Gasteiger partial charge in [-0.25, -0.2) is 0 Å². The predicted octanol–water partition coefficient (Wildman–Crippen LogP) is 4.22. The van der Waals surface area contributed by atoms with E-state index in [1.165, 1.54) is 10.4 Å². The van der Waals surface area contributed by atoms with Gasteiger partial charge in [-0.3, -0.25) is 0 Å². The van der Waals surface area contributed by atoms with Gasteiger partial charge in [-0.2, -0.15) is 0 Å². The van der Waals surface area contributed by atoms with Gasteiger partial charge in [0.05, 0.1) is 12.6 Å². The highest BCUT2D eigenvalue weighted by Gasteiger charge is 2.16. The van der Waals surface area contributed by atoms with E-state index in [-0.39, 0.29) is 6.04 Å². The normalized spacial score (nSPS) is 12.4. The summed E-state index contributed by atoms with van der Waals surface area (Å²) in [4.78, 5) is 1.29. The van der Waals surface area contributed by atoms with Crippen molar-refractivity contribution in [3.8, 4) is 5.75 Å². The summed E-state index contributed by atoms with van der Waals surface area (Å²) in [5.41, 5.74) is 1.24. The first-order chi connectivity index (χ1) is 8.76. The van der Waals surface area contributed by atoms with Crippen molar-refractivity contribution >= 4 is 27.3 Å². The minimum Gasteiger partial charge on any atom is -0.494 e. The molecule has 1 aromatic carbocycles. The van der Waals surface area contributed by atoms with E-state index in [2.05, 4.69) is 44.8 Å². The molecule has 1 atom stereocenters. The molecule has 96 valence electrons. The van der Waals surface area contributed by atoms with Gasteiger partial charge < -0.3 is 10.1 Å². The van der Waals surface area contributed by atoms with E-state index >= 15 is 0 Å². The van der Waals surface area contributed by atoms with E-state index in [0.29, 0.717) is 6.61 Å². The lowest BCUT2D eigenvalue weighted by molar-refractivity contribution is 0.340. The Morgan fingerprint density at radius 1 is 1.28 bits per heavy atom. The fourth-order valence-electron chi connectivity index (χ4n) is 1.88. The molecule has 0 spiro atoms. The van der Waals surface area contributed by atoms with Gasteiger partial charge in [0.25, 0.3) is 0 Å². The lowest BCUT2D eigenvalue weighted by Gasteiger charge is -2.16. The molecule has 2 rings (SSSR count). The third-order valence-electron chi connectivity index (χ3n) is 2.72. The molecule has 0 saturated carbocycles. The molecule has 0 aliphatic carbocycles. The second kappa shape index (κ2) is 6.36. The Morgan fingerprint density at radius 2 is 2.00 bits per heavy atom. The summed E-state index contributed by atoms with van der Waals surface area (Å²) in [5, 5.41) is 5.45.